The molecule has 0 aliphatic rings. The molecule has 0 aliphatic carbocycles. The number of rotatable bonds is 5. The second kappa shape index (κ2) is 5.90. The van der Waals surface area contributed by atoms with Gasteiger partial charge in [0.05, 0.1) is 12.5 Å². The first-order chi connectivity index (χ1) is 9.04. The molecular weight excluding hydrogens is 247 g/mol. The number of aromatic nitrogens is 2. The highest BCUT2D eigenvalue weighted by Gasteiger charge is 2.15. The standard InChI is InChI=1S/C13H17FN4O/c1-18(2)8-11(15)13-16-12(19-17-13)7-9-3-5-10(14)6-4-9/h3-6,11H,7-8,15H2,1-2H3. The molecule has 0 amide bonds. The molecule has 2 rings (SSSR count). The summed E-state index contributed by atoms with van der Waals surface area (Å²) in [6, 6.07) is 5.92. The van der Waals surface area contributed by atoms with Gasteiger partial charge in [-0.3, -0.25) is 0 Å². The van der Waals surface area contributed by atoms with Gasteiger partial charge in [0.2, 0.25) is 5.89 Å². The van der Waals surface area contributed by atoms with Gasteiger partial charge >= 0.3 is 0 Å². The summed E-state index contributed by atoms with van der Waals surface area (Å²) in [5, 5.41) is 3.87. The molecule has 2 aromatic rings. The Morgan fingerprint density at radius 1 is 1.32 bits per heavy atom. The third-order valence-corrected chi connectivity index (χ3v) is 2.65. The molecule has 5 nitrogen and oxygen atoms in total. The van der Waals surface area contributed by atoms with Crippen molar-refractivity contribution in [2.45, 2.75) is 12.5 Å². The maximum atomic E-state index is 12.8. The highest BCUT2D eigenvalue weighted by molar-refractivity contribution is 5.19. The average Bonchev–Trinajstić information content (AvgIpc) is 2.80. The lowest BCUT2D eigenvalue weighted by Crippen LogP contribution is -2.26. The van der Waals surface area contributed by atoms with Crippen LogP contribution in [-0.2, 0) is 6.42 Å². The molecule has 0 spiro atoms. The zero-order valence-corrected chi connectivity index (χ0v) is 11.0. The Bertz CT molecular complexity index is 524. The zero-order valence-electron chi connectivity index (χ0n) is 11.0. The van der Waals surface area contributed by atoms with E-state index < -0.39 is 0 Å². The van der Waals surface area contributed by atoms with Gasteiger partial charge in [-0.15, -0.1) is 0 Å². The van der Waals surface area contributed by atoms with Crippen LogP contribution in [0.4, 0.5) is 4.39 Å². The fraction of sp³-hybridized carbons (Fsp3) is 0.385. The molecular formula is C13H17FN4O. The van der Waals surface area contributed by atoms with Crippen molar-refractivity contribution in [1.29, 1.82) is 0 Å². The molecule has 0 saturated heterocycles. The monoisotopic (exact) mass is 264 g/mol. The van der Waals surface area contributed by atoms with Crippen LogP contribution >= 0.6 is 0 Å². The summed E-state index contributed by atoms with van der Waals surface area (Å²) < 4.78 is 17.9. The minimum Gasteiger partial charge on any atom is -0.339 e. The van der Waals surface area contributed by atoms with Gasteiger partial charge in [-0.25, -0.2) is 4.39 Å². The lowest BCUT2D eigenvalue weighted by molar-refractivity contribution is 0.348. The minimum absolute atomic E-state index is 0.261. The van der Waals surface area contributed by atoms with Crippen LogP contribution in [-0.4, -0.2) is 35.7 Å². The van der Waals surface area contributed by atoms with Crippen LogP contribution in [0.1, 0.15) is 23.3 Å². The number of halogens is 1. The SMILES string of the molecule is CN(C)CC(N)c1noc(Cc2ccc(F)cc2)n1. The van der Waals surface area contributed by atoms with Crippen molar-refractivity contribution in [2.24, 2.45) is 5.73 Å². The molecule has 2 N–H and O–H groups in total. The fourth-order valence-corrected chi connectivity index (χ4v) is 1.74. The van der Waals surface area contributed by atoms with Gasteiger partial charge < -0.3 is 15.2 Å². The van der Waals surface area contributed by atoms with Gasteiger partial charge in [0.25, 0.3) is 0 Å². The van der Waals surface area contributed by atoms with Crippen LogP contribution in [0, 0.1) is 5.82 Å². The van der Waals surface area contributed by atoms with E-state index in [1.807, 2.05) is 19.0 Å². The number of likely N-dealkylation sites (N-methyl/N-ethyl adjacent to an activating group) is 1. The summed E-state index contributed by atoms with van der Waals surface area (Å²) in [4.78, 5) is 6.22. The van der Waals surface area contributed by atoms with E-state index in [0.717, 1.165) is 5.56 Å². The minimum atomic E-state index is -0.277. The van der Waals surface area contributed by atoms with E-state index in [-0.39, 0.29) is 11.9 Å². The third-order valence-electron chi connectivity index (χ3n) is 2.65. The number of nitrogens with zero attached hydrogens (tertiary/aromatic N) is 3. The zero-order chi connectivity index (χ0) is 13.8. The van der Waals surface area contributed by atoms with Gasteiger partial charge in [-0.2, -0.15) is 4.98 Å². The number of nitrogens with two attached hydrogens (primary N) is 1. The van der Waals surface area contributed by atoms with Crippen molar-refractivity contribution in [2.75, 3.05) is 20.6 Å². The molecule has 6 heteroatoms. The molecule has 102 valence electrons. The summed E-state index contributed by atoms with van der Waals surface area (Å²) in [7, 11) is 3.86. The van der Waals surface area contributed by atoms with Crippen molar-refractivity contribution in [3.05, 3.63) is 47.4 Å². The van der Waals surface area contributed by atoms with E-state index in [4.69, 9.17) is 10.3 Å². The van der Waals surface area contributed by atoms with Crippen LogP contribution in [0.5, 0.6) is 0 Å². The van der Waals surface area contributed by atoms with Crippen LogP contribution in [0.15, 0.2) is 28.8 Å². The van der Waals surface area contributed by atoms with E-state index in [1.165, 1.54) is 12.1 Å². The largest absolute Gasteiger partial charge is 0.339 e. The molecule has 1 aromatic heterocycles. The molecule has 1 unspecified atom stereocenters. The fourth-order valence-electron chi connectivity index (χ4n) is 1.74. The predicted octanol–water partition coefficient (Wildman–Crippen LogP) is 1.36. The molecule has 0 bridgehead atoms. The molecule has 1 heterocycles. The van der Waals surface area contributed by atoms with E-state index in [0.29, 0.717) is 24.7 Å². The Morgan fingerprint density at radius 2 is 2.00 bits per heavy atom. The number of benzene rings is 1. The van der Waals surface area contributed by atoms with Gasteiger partial charge in [0.1, 0.15) is 5.82 Å². The second-order valence-electron chi connectivity index (χ2n) is 4.72. The molecule has 0 aliphatic heterocycles. The van der Waals surface area contributed by atoms with Gasteiger partial charge in [0.15, 0.2) is 5.82 Å². The van der Waals surface area contributed by atoms with Crippen molar-refractivity contribution < 1.29 is 8.91 Å². The Kier molecular flexibility index (Phi) is 4.24. The summed E-state index contributed by atoms with van der Waals surface area (Å²) in [5.74, 6) is 0.713. The van der Waals surface area contributed by atoms with E-state index in [1.54, 1.807) is 12.1 Å². The number of hydrogen-bond donors (Lipinski definition) is 1. The van der Waals surface area contributed by atoms with E-state index in [2.05, 4.69) is 10.1 Å². The van der Waals surface area contributed by atoms with E-state index in [9.17, 15) is 4.39 Å². The first kappa shape index (κ1) is 13.6. The van der Waals surface area contributed by atoms with Crippen molar-refractivity contribution in [1.82, 2.24) is 15.0 Å². The second-order valence-corrected chi connectivity index (χ2v) is 4.72. The maximum absolute atomic E-state index is 12.8. The summed E-state index contributed by atoms with van der Waals surface area (Å²) in [6.45, 7) is 0.648. The third kappa shape index (κ3) is 3.84. The van der Waals surface area contributed by atoms with Gasteiger partial charge in [-0.1, -0.05) is 17.3 Å². The topological polar surface area (TPSA) is 68.2 Å². The molecule has 19 heavy (non-hydrogen) atoms. The average molecular weight is 264 g/mol. The van der Waals surface area contributed by atoms with E-state index >= 15 is 0 Å². The normalized spacial score (nSPS) is 12.9. The summed E-state index contributed by atoms with van der Waals surface area (Å²) >= 11 is 0. The van der Waals surface area contributed by atoms with Crippen LogP contribution < -0.4 is 5.73 Å². The molecule has 0 fully saturated rings. The van der Waals surface area contributed by atoms with Crippen molar-refractivity contribution >= 4 is 0 Å². The predicted molar refractivity (Wildman–Crippen MR) is 69.0 cm³/mol. The van der Waals surface area contributed by atoms with Crippen LogP contribution in [0.3, 0.4) is 0 Å². The molecule has 0 saturated carbocycles. The smallest absolute Gasteiger partial charge is 0.231 e. The summed E-state index contributed by atoms with van der Waals surface area (Å²) in [5.41, 5.74) is 6.86. The Balaban J connectivity index is 2.02. The van der Waals surface area contributed by atoms with Crippen molar-refractivity contribution in [3.8, 4) is 0 Å². The summed E-state index contributed by atoms with van der Waals surface area (Å²) in [6.07, 6.45) is 0.474. The first-order valence-corrected chi connectivity index (χ1v) is 6.02. The first-order valence-electron chi connectivity index (χ1n) is 6.02. The molecule has 0 radical (unpaired) electrons. The highest BCUT2D eigenvalue weighted by atomic mass is 19.1. The Morgan fingerprint density at radius 3 is 2.63 bits per heavy atom. The van der Waals surface area contributed by atoms with Gasteiger partial charge in [0, 0.05) is 6.54 Å². The lowest BCUT2D eigenvalue weighted by Gasteiger charge is -2.12. The van der Waals surface area contributed by atoms with Crippen LogP contribution in [0.25, 0.3) is 0 Å². The molecule has 1 atom stereocenters. The van der Waals surface area contributed by atoms with Gasteiger partial charge in [-0.05, 0) is 31.8 Å². The lowest BCUT2D eigenvalue weighted by atomic mass is 10.1. The highest BCUT2D eigenvalue weighted by Crippen LogP contribution is 2.12. The maximum Gasteiger partial charge on any atom is 0.231 e. The quantitative estimate of drug-likeness (QED) is 0.883. The molecule has 1 aromatic carbocycles. The Labute approximate surface area is 111 Å². The van der Waals surface area contributed by atoms with Crippen molar-refractivity contribution in [3.63, 3.8) is 0 Å². The Hall–Kier alpha value is -1.79. The van der Waals surface area contributed by atoms with Crippen LogP contribution in [0.2, 0.25) is 0 Å². The number of hydrogen-bond acceptors (Lipinski definition) is 5.